The summed E-state index contributed by atoms with van der Waals surface area (Å²) in [4.78, 5) is 24.4. The smallest absolute Gasteiger partial charge is 0.251 e. The average molecular weight is 432 g/mol. The van der Waals surface area contributed by atoms with E-state index in [0.29, 0.717) is 24.4 Å². The number of nitrogens with one attached hydrogen (secondary N) is 3. The summed E-state index contributed by atoms with van der Waals surface area (Å²) >= 11 is 0. The highest BCUT2D eigenvalue weighted by Crippen LogP contribution is 2.18. The minimum atomic E-state index is -0.202. The van der Waals surface area contributed by atoms with Crippen molar-refractivity contribution in [2.45, 2.75) is 19.8 Å². The Morgan fingerprint density at radius 2 is 1.66 bits per heavy atom. The monoisotopic (exact) mass is 431 g/mol. The minimum absolute atomic E-state index is 0.0970. The summed E-state index contributed by atoms with van der Waals surface area (Å²) in [6, 6.07) is 24.6. The van der Waals surface area contributed by atoms with Gasteiger partial charge in [0.15, 0.2) is 0 Å². The Bertz CT molecular complexity index is 1020. The van der Waals surface area contributed by atoms with Gasteiger partial charge in [0.1, 0.15) is 5.75 Å². The number of ether oxygens (including phenoxy) is 1. The van der Waals surface area contributed by atoms with Gasteiger partial charge in [0.2, 0.25) is 5.91 Å². The van der Waals surface area contributed by atoms with Crippen LogP contribution in [0.5, 0.6) is 5.75 Å². The van der Waals surface area contributed by atoms with Crippen LogP contribution >= 0.6 is 0 Å². The molecule has 0 fully saturated rings. The fraction of sp³-hybridized carbons (Fsp3) is 0.231. The highest BCUT2D eigenvalue weighted by Gasteiger charge is 2.08. The molecule has 3 aromatic rings. The predicted molar refractivity (Wildman–Crippen MR) is 128 cm³/mol. The molecule has 0 saturated carbocycles. The molecule has 0 atom stereocenters. The largest absolute Gasteiger partial charge is 0.493 e. The van der Waals surface area contributed by atoms with E-state index in [-0.39, 0.29) is 18.4 Å². The molecule has 2 amide bonds. The molecule has 6 nitrogen and oxygen atoms in total. The van der Waals surface area contributed by atoms with Crippen LogP contribution in [-0.2, 0) is 11.2 Å². The molecule has 0 saturated heterocycles. The van der Waals surface area contributed by atoms with Gasteiger partial charge >= 0.3 is 0 Å². The Balaban J connectivity index is 1.46. The molecule has 0 aliphatic heterocycles. The molecule has 0 heterocycles. The number of benzene rings is 3. The van der Waals surface area contributed by atoms with Gasteiger partial charge < -0.3 is 20.7 Å². The Hall–Kier alpha value is -3.80. The van der Waals surface area contributed by atoms with Gasteiger partial charge in [-0.1, -0.05) is 49.4 Å². The van der Waals surface area contributed by atoms with E-state index < -0.39 is 0 Å². The van der Waals surface area contributed by atoms with E-state index in [2.05, 4.69) is 28.1 Å². The van der Waals surface area contributed by atoms with E-state index in [1.54, 1.807) is 24.3 Å². The highest BCUT2D eigenvalue weighted by atomic mass is 16.5. The standard InChI is InChI=1S/C26H29N3O3/c1-2-15-27-26(31)21-10-6-12-23(17-21)29-25(30)19-28-22-11-7-13-24(18-22)32-16-14-20-8-4-3-5-9-20/h3-13,17-18,28H,2,14-16,19H2,1H3,(H,27,31)(H,29,30). The second-order valence-corrected chi connectivity index (χ2v) is 7.35. The maximum absolute atomic E-state index is 12.3. The fourth-order valence-electron chi connectivity index (χ4n) is 3.09. The van der Waals surface area contributed by atoms with Gasteiger partial charge in [-0.3, -0.25) is 9.59 Å². The second kappa shape index (κ2) is 12.2. The van der Waals surface area contributed by atoms with Crippen LogP contribution in [0.15, 0.2) is 78.9 Å². The first-order valence-corrected chi connectivity index (χ1v) is 10.8. The number of anilines is 2. The minimum Gasteiger partial charge on any atom is -0.493 e. The van der Waals surface area contributed by atoms with Gasteiger partial charge in [0, 0.05) is 36.0 Å². The van der Waals surface area contributed by atoms with Crippen molar-refractivity contribution >= 4 is 23.2 Å². The molecule has 0 bridgehead atoms. The summed E-state index contributed by atoms with van der Waals surface area (Å²) in [6.07, 6.45) is 1.70. The lowest BCUT2D eigenvalue weighted by atomic mass is 10.2. The van der Waals surface area contributed by atoms with Gasteiger partial charge in [0.25, 0.3) is 5.91 Å². The third kappa shape index (κ3) is 7.47. The first kappa shape index (κ1) is 22.9. The lowest BCUT2D eigenvalue weighted by Crippen LogP contribution is -2.24. The number of carbonyl (C=O) groups excluding carboxylic acids is 2. The van der Waals surface area contributed by atoms with Crippen LogP contribution < -0.4 is 20.7 Å². The van der Waals surface area contributed by atoms with E-state index >= 15 is 0 Å². The summed E-state index contributed by atoms with van der Waals surface area (Å²) < 4.78 is 5.84. The molecule has 0 aliphatic rings. The molecule has 3 aromatic carbocycles. The summed E-state index contributed by atoms with van der Waals surface area (Å²) in [5.74, 6) is 0.397. The number of rotatable bonds is 11. The van der Waals surface area contributed by atoms with Crippen molar-refractivity contribution in [1.29, 1.82) is 0 Å². The first-order chi connectivity index (χ1) is 15.6. The Morgan fingerprint density at radius 1 is 0.875 bits per heavy atom. The van der Waals surface area contributed by atoms with Crippen LogP contribution in [0.2, 0.25) is 0 Å². The molecule has 166 valence electrons. The number of hydrogen-bond acceptors (Lipinski definition) is 4. The zero-order chi connectivity index (χ0) is 22.6. The zero-order valence-electron chi connectivity index (χ0n) is 18.3. The predicted octanol–water partition coefficient (Wildman–Crippen LogP) is 4.50. The molecular formula is C26H29N3O3. The van der Waals surface area contributed by atoms with Gasteiger partial charge in [0.05, 0.1) is 13.2 Å². The van der Waals surface area contributed by atoms with E-state index in [9.17, 15) is 9.59 Å². The molecule has 0 radical (unpaired) electrons. The molecule has 6 heteroatoms. The Labute approximate surface area is 189 Å². The number of hydrogen-bond donors (Lipinski definition) is 3. The van der Waals surface area contributed by atoms with Gasteiger partial charge in [-0.15, -0.1) is 0 Å². The van der Waals surface area contributed by atoms with Crippen LogP contribution in [0.1, 0.15) is 29.3 Å². The topological polar surface area (TPSA) is 79.5 Å². The maximum atomic E-state index is 12.3. The second-order valence-electron chi connectivity index (χ2n) is 7.35. The van der Waals surface area contributed by atoms with Crippen LogP contribution in [-0.4, -0.2) is 31.5 Å². The van der Waals surface area contributed by atoms with Crippen molar-refractivity contribution in [3.05, 3.63) is 90.0 Å². The average Bonchev–Trinajstić information content (AvgIpc) is 2.82. The van der Waals surface area contributed by atoms with Crippen LogP contribution in [0, 0.1) is 0 Å². The molecule has 0 spiro atoms. The highest BCUT2D eigenvalue weighted by molar-refractivity contribution is 5.98. The first-order valence-electron chi connectivity index (χ1n) is 10.8. The lowest BCUT2D eigenvalue weighted by molar-refractivity contribution is -0.114. The van der Waals surface area contributed by atoms with Crippen molar-refractivity contribution in [2.24, 2.45) is 0 Å². The van der Waals surface area contributed by atoms with Crippen LogP contribution in [0.4, 0.5) is 11.4 Å². The Kier molecular flexibility index (Phi) is 8.69. The third-order valence-electron chi connectivity index (χ3n) is 4.73. The molecule has 0 aliphatic carbocycles. The van der Waals surface area contributed by atoms with E-state index in [0.717, 1.165) is 24.3 Å². The van der Waals surface area contributed by atoms with Gasteiger partial charge in [-0.25, -0.2) is 0 Å². The lowest BCUT2D eigenvalue weighted by Gasteiger charge is -2.11. The van der Waals surface area contributed by atoms with Crippen LogP contribution in [0.3, 0.4) is 0 Å². The molecule has 0 unspecified atom stereocenters. The molecule has 32 heavy (non-hydrogen) atoms. The van der Waals surface area contributed by atoms with E-state index in [1.807, 2.05) is 49.4 Å². The quantitative estimate of drug-likeness (QED) is 0.418. The zero-order valence-corrected chi connectivity index (χ0v) is 18.3. The summed E-state index contributed by atoms with van der Waals surface area (Å²) in [5.41, 5.74) is 3.12. The van der Waals surface area contributed by atoms with Gasteiger partial charge in [-0.05, 0) is 42.3 Å². The van der Waals surface area contributed by atoms with Crippen molar-refractivity contribution in [3.8, 4) is 5.75 Å². The summed E-state index contributed by atoms with van der Waals surface area (Å²) in [5, 5.41) is 8.75. The third-order valence-corrected chi connectivity index (χ3v) is 4.73. The van der Waals surface area contributed by atoms with Crippen molar-refractivity contribution < 1.29 is 14.3 Å². The summed E-state index contributed by atoms with van der Waals surface area (Å²) in [7, 11) is 0. The van der Waals surface area contributed by atoms with Crippen molar-refractivity contribution in [1.82, 2.24) is 5.32 Å². The molecule has 3 rings (SSSR count). The molecule has 0 aromatic heterocycles. The van der Waals surface area contributed by atoms with Crippen LogP contribution in [0.25, 0.3) is 0 Å². The maximum Gasteiger partial charge on any atom is 0.251 e. The number of amides is 2. The van der Waals surface area contributed by atoms with Crippen molar-refractivity contribution in [3.63, 3.8) is 0 Å². The SMILES string of the molecule is CCCNC(=O)c1cccc(NC(=O)CNc2cccc(OCCc3ccccc3)c2)c1. The molecule has 3 N–H and O–H groups in total. The normalized spacial score (nSPS) is 10.3. The van der Waals surface area contributed by atoms with E-state index in [4.69, 9.17) is 4.74 Å². The Morgan fingerprint density at radius 3 is 2.47 bits per heavy atom. The summed E-state index contributed by atoms with van der Waals surface area (Å²) in [6.45, 7) is 3.29. The fourth-order valence-corrected chi connectivity index (χ4v) is 3.09. The van der Waals surface area contributed by atoms with E-state index in [1.165, 1.54) is 5.56 Å². The van der Waals surface area contributed by atoms with Gasteiger partial charge in [-0.2, -0.15) is 0 Å². The van der Waals surface area contributed by atoms with Crippen molar-refractivity contribution in [2.75, 3.05) is 30.3 Å². The number of carbonyl (C=O) groups is 2. The molecular weight excluding hydrogens is 402 g/mol.